The fourth-order valence-corrected chi connectivity index (χ4v) is 0. The third-order valence-corrected chi connectivity index (χ3v) is 0.187. The molecular weight excluding hydrogens is 70.0 g/mol. The van der Waals surface area contributed by atoms with Crippen LogP contribution in [0.1, 0.15) is 0 Å². The normalized spacial score (nSPS) is 15.0. The molecule has 32 valence electrons. The van der Waals surface area contributed by atoms with Gasteiger partial charge in [-0.1, -0.05) is 0 Å². The summed E-state index contributed by atoms with van der Waals surface area (Å²) in [5, 5.41) is 15.7. The topological polar surface area (TPSA) is 66.5 Å². The molecule has 0 aliphatic rings. The molecule has 0 saturated heterocycles. The Kier molecular flexibility index (Phi) is 2.09. The third kappa shape index (κ3) is 3.88. The highest BCUT2D eigenvalue weighted by Gasteiger charge is 1.83. The molecule has 0 aromatic rings. The molecule has 0 aromatic carbocycles. The van der Waals surface area contributed by atoms with E-state index in [9.17, 15) is 0 Å². The lowest BCUT2D eigenvalue weighted by atomic mass is 10.7. The lowest BCUT2D eigenvalue weighted by Gasteiger charge is -1.91. The van der Waals surface area contributed by atoms with Gasteiger partial charge in [0, 0.05) is 0 Å². The third-order valence-electron chi connectivity index (χ3n) is 0.187. The maximum atomic E-state index is 7.89. The minimum atomic E-state index is -1.06. The minimum absolute atomic E-state index is 0.361. The Labute approximate surface area is 30.0 Å². The first kappa shape index (κ1) is 4.88. The number of nitrogens with two attached hydrogens (primary N) is 1. The number of hydrogen-bond acceptors (Lipinski definition) is 3. The highest BCUT2D eigenvalue weighted by Crippen LogP contribution is 1.55. The fraction of sp³-hybridized carbons (Fsp3) is 1.00. The molecule has 3 heteroatoms. The zero-order valence-corrected chi connectivity index (χ0v) is 2.76. The van der Waals surface area contributed by atoms with Gasteiger partial charge in [-0.25, -0.2) is 0 Å². The van der Waals surface area contributed by atoms with Crippen molar-refractivity contribution < 1.29 is 10.2 Å². The Balaban J connectivity index is 2.54. The summed E-state index contributed by atoms with van der Waals surface area (Å²) in [5.41, 5.74) is 4.60. The first-order valence-electron chi connectivity index (χ1n) is 1.32. The van der Waals surface area contributed by atoms with E-state index in [0.717, 1.165) is 0 Å². The average Bonchev–Trinajstić information content (AvgIpc) is 1.38. The molecule has 0 amide bonds. The van der Waals surface area contributed by atoms with E-state index in [-0.39, 0.29) is 6.61 Å². The van der Waals surface area contributed by atoms with Crippen LogP contribution in [-0.2, 0) is 0 Å². The molecule has 0 rings (SSSR count). The van der Waals surface area contributed by atoms with Gasteiger partial charge in [-0.3, -0.25) is 0 Å². The summed E-state index contributed by atoms with van der Waals surface area (Å²) in [5.74, 6) is 0. The van der Waals surface area contributed by atoms with E-state index < -0.39 is 6.23 Å². The Morgan fingerprint density at radius 3 is 2.00 bits per heavy atom. The summed E-state index contributed by atoms with van der Waals surface area (Å²) in [4.78, 5) is 0. The van der Waals surface area contributed by atoms with Crippen molar-refractivity contribution in [1.82, 2.24) is 0 Å². The summed E-state index contributed by atoms with van der Waals surface area (Å²) in [6, 6.07) is 0. The number of rotatable bonds is 1. The van der Waals surface area contributed by atoms with Crippen molar-refractivity contribution in [1.29, 1.82) is 0 Å². The molecule has 0 saturated carbocycles. The molecule has 0 heterocycles. The van der Waals surface area contributed by atoms with Gasteiger partial charge in [-0.05, 0) is 0 Å². The Hall–Kier alpha value is -0.120. The molecule has 0 spiro atoms. The van der Waals surface area contributed by atoms with Crippen LogP contribution in [0.3, 0.4) is 0 Å². The van der Waals surface area contributed by atoms with Crippen LogP contribution in [0.25, 0.3) is 0 Å². The summed E-state index contributed by atoms with van der Waals surface area (Å²) in [7, 11) is 0. The quantitative estimate of drug-likeness (QED) is 0.325. The predicted molar refractivity (Wildman–Crippen MR) is 17.3 cm³/mol. The van der Waals surface area contributed by atoms with E-state index >= 15 is 0 Å². The first-order chi connectivity index (χ1) is 2.27. The van der Waals surface area contributed by atoms with Gasteiger partial charge in [-0.2, -0.15) is 0 Å². The van der Waals surface area contributed by atoms with Crippen LogP contribution < -0.4 is 5.73 Å². The van der Waals surface area contributed by atoms with E-state index in [2.05, 4.69) is 5.73 Å². The largest absolute Gasteiger partial charge is 0.392 e. The van der Waals surface area contributed by atoms with Crippen LogP contribution in [-0.4, -0.2) is 23.0 Å². The monoisotopic (exact) mass is 77.0 g/mol. The maximum Gasteiger partial charge on any atom is 0.125 e. The zero-order chi connectivity index (χ0) is 4.28. The highest BCUT2D eigenvalue weighted by atomic mass is 16.3. The van der Waals surface area contributed by atoms with E-state index in [1.807, 2.05) is 0 Å². The summed E-state index contributed by atoms with van der Waals surface area (Å²) < 4.78 is 0. The van der Waals surface area contributed by atoms with Crippen LogP contribution >= 0.6 is 0 Å². The molecule has 3 nitrogen and oxygen atoms in total. The van der Waals surface area contributed by atoms with Crippen molar-refractivity contribution in [2.45, 2.75) is 6.23 Å². The van der Waals surface area contributed by atoms with Crippen LogP contribution in [0.2, 0.25) is 0 Å². The van der Waals surface area contributed by atoms with Gasteiger partial charge in [0.1, 0.15) is 6.23 Å². The maximum absolute atomic E-state index is 7.89. The molecular formula is C2H7NO2. The van der Waals surface area contributed by atoms with Crippen LogP contribution in [0, 0.1) is 0 Å². The van der Waals surface area contributed by atoms with Gasteiger partial charge in [-0.15, -0.1) is 0 Å². The van der Waals surface area contributed by atoms with Gasteiger partial charge in [0.2, 0.25) is 0 Å². The molecule has 0 unspecified atom stereocenters. The van der Waals surface area contributed by atoms with E-state index in [1.165, 1.54) is 0 Å². The van der Waals surface area contributed by atoms with E-state index in [0.29, 0.717) is 0 Å². The Morgan fingerprint density at radius 1 is 1.80 bits per heavy atom. The standard InChI is InChI=1S/C2H7NO2/c3-2(5)1-4/h2,4-5H,1,3H2/t2-/m1/s1. The lowest BCUT2D eigenvalue weighted by molar-refractivity contribution is 0.101. The van der Waals surface area contributed by atoms with Crippen LogP contribution in [0.15, 0.2) is 0 Å². The smallest absolute Gasteiger partial charge is 0.125 e. The van der Waals surface area contributed by atoms with Crippen molar-refractivity contribution in [3.8, 4) is 0 Å². The second-order valence-electron chi connectivity index (χ2n) is 0.750. The highest BCUT2D eigenvalue weighted by molar-refractivity contribution is 4.30. The fourth-order valence-electron chi connectivity index (χ4n) is 0. The summed E-state index contributed by atoms with van der Waals surface area (Å²) in [6.07, 6.45) is -1.06. The number of hydrogen-bond donors (Lipinski definition) is 3. The summed E-state index contributed by atoms with van der Waals surface area (Å²) >= 11 is 0. The van der Waals surface area contributed by atoms with Gasteiger partial charge in [0.25, 0.3) is 0 Å². The molecule has 0 aliphatic carbocycles. The van der Waals surface area contributed by atoms with Crippen molar-refractivity contribution >= 4 is 0 Å². The molecule has 0 fully saturated rings. The zero-order valence-electron chi connectivity index (χ0n) is 2.76. The minimum Gasteiger partial charge on any atom is -0.392 e. The molecule has 0 radical (unpaired) electrons. The van der Waals surface area contributed by atoms with Gasteiger partial charge < -0.3 is 15.9 Å². The number of aliphatic hydroxyl groups excluding tert-OH is 2. The SMILES string of the molecule is N[C@H](O)CO. The van der Waals surface area contributed by atoms with Crippen LogP contribution in [0.4, 0.5) is 0 Å². The molecule has 0 bridgehead atoms. The van der Waals surface area contributed by atoms with Crippen molar-refractivity contribution in [3.05, 3.63) is 0 Å². The second kappa shape index (κ2) is 2.14. The van der Waals surface area contributed by atoms with Crippen molar-refractivity contribution in [2.24, 2.45) is 5.73 Å². The molecule has 5 heavy (non-hydrogen) atoms. The van der Waals surface area contributed by atoms with Gasteiger partial charge >= 0.3 is 0 Å². The molecule has 0 aromatic heterocycles. The van der Waals surface area contributed by atoms with Crippen molar-refractivity contribution in [2.75, 3.05) is 6.61 Å². The van der Waals surface area contributed by atoms with E-state index in [1.54, 1.807) is 0 Å². The average molecular weight is 77.1 g/mol. The molecule has 0 aliphatic heterocycles. The van der Waals surface area contributed by atoms with E-state index in [4.69, 9.17) is 10.2 Å². The van der Waals surface area contributed by atoms with Crippen molar-refractivity contribution in [3.63, 3.8) is 0 Å². The molecule has 1 atom stereocenters. The number of aliphatic hydroxyl groups is 2. The predicted octanol–water partition coefficient (Wildman–Crippen LogP) is -1.74. The van der Waals surface area contributed by atoms with Gasteiger partial charge in [0.05, 0.1) is 6.61 Å². The second-order valence-corrected chi connectivity index (χ2v) is 0.750. The Morgan fingerprint density at radius 2 is 2.00 bits per heavy atom. The summed E-state index contributed by atoms with van der Waals surface area (Å²) in [6.45, 7) is -0.361. The van der Waals surface area contributed by atoms with Crippen LogP contribution in [0.5, 0.6) is 0 Å². The lowest BCUT2D eigenvalue weighted by Crippen LogP contribution is -2.22. The Bertz CT molecular complexity index is 21.6. The first-order valence-corrected chi connectivity index (χ1v) is 1.32. The van der Waals surface area contributed by atoms with Gasteiger partial charge in [0.15, 0.2) is 0 Å². The molecule has 4 N–H and O–H groups in total.